The Labute approximate surface area is 230 Å². The summed E-state index contributed by atoms with van der Waals surface area (Å²) in [5.41, 5.74) is 8.33. The van der Waals surface area contributed by atoms with Gasteiger partial charge in [0.05, 0.1) is 45.8 Å². The summed E-state index contributed by atoms with van der Waals surface area (Å²) >= 11 is 0. The first-order chi connectivity index (χ1) is 19.7. The number of nitrogens with zero attached hydrogens (tertiary/aromatic N) is 6. The van der Waals surface area contributed by atoms with Crippen molar-refractivity contribution in [3.05, 3.63) is 121 Å². The topological polar surface area (TPSA) is 61.4 Å². The van der Waals surface area contributed by atoms with Gasteiger partial charge in [-0.15, -0.1) is 0 Å². The van der Waals surface area contributed by atoms with Crippen LogP contribution in [0.25, 0.3) is 66.6 Å². The Morgan fingerprint density at radius 3 is 1.43 bits per heavy atom. The van der Waals surface area contributed by atoms with E-state index in [0.29, 0.717) is 0 Å². The van der Waals surface area contributed by atoms with Crippen LogP contribution in [-0.4, -0.2) is 29.1 Å². The van der Waals surface area contributed by atoms with E-state index in [1.54, 1.807) is 0 Å². The quantitative estimate of drug-likeness (QED) is 0.241. The minimum Gasteiger partial charge on any atom is -0.292 e. The van der Waals surface area contributed by atoms with Crippen molar-refractivity contribution in [1.29, 1.82) is 0 Å². The Morgan fingerprint density at radius 1 is 0.475 bits per heavy atom. The number of hydrogen-bond acceptors (Lipinski definition) is 4. The van der Waals surface area contributed by atoms with Crippen molar-refractivity contribution in [3.63, 3.8) is 0 Å². The fourth-order valence-electron chi connectivity index (χ4n) is 5.84. The Morgan fingerprint density at radius 2 is 0.950 bits per heavy atom. The average molecular weight is 517 g/mol. The van der Waals surface area contributed by atoms with Crippen LogP contribution in [0.3, 0.4) is 0 Å². The van der Waals surface area contributed by atoms with Crippen LogP contribution in [0.5, 0.6) is 0 Å². The maximum atomic E-state index is 5.12. The van der Waals surface area contributed by atoms with Crippen LogP contribution in [0.15, 0.2) is 110 Å². The highest BCUT2D eigenvalue weighted by Crippen LogP contribution is 2.34. The van der Waals surface area contributed by atoms with E-state index in [-0.39, 0.29) is 0 Å². The molecule has 6 aromatic heterocycles. The summed E-state index contributed by atoms with van der Waals surface area (Å²) in [6.45, 7) is 4.24. The fraction of sp³-hybridized carbons (Fsp3) is 0.0588. The largest absolute Gasteiger partial charge is 0.292 e. The minimum atomic E-state index is 0.806. The normalized spacial score (nSPS) is 11.8. The smallest absolute Gasteiger partial charge is 0.138 e. The Bertz CT molecular complexity index is 2090. The summed E-state index contributed by atoms with van der Waals surface area (Å²) in [7, 11) is 0. The van der Waals surface area contributed by atoms with Crippen molar-refractivity contribution in [2.75, 3.05) is 0 Å². The maximum absolute atomic E-state index is 5.12. The van der Waals surface area contributed by atoms with E-state index >= 15 is 0 Å². The first-order valence-electron chi connectivity index (χ1n) is 13.3. The van der Waals surface area contributed by atoms with Gasteiger partial charge in [0.15, 0.2) is 0 Å². The molecule has 0 aliphatic rings. The number of fused-ring (bicyclic) bond motifs is 6. The van der Waals surface area contributed by atoms with Crippen molar-refractivity contribution in [3.8, 4) is 23.0 Å². The first-order valence-corrected chi connectivity index (χ1v) is 13.3. The van der Waals surface area contributed by atoms with Gasteiger partial charge in [-0.05, 0) is 74.5 Å². The van der Waals surface area contributed by atoms with Crippen molar-refractivity contribution in [1.82, 2.24) is 29.1 Å². The SMILES string of the molecule is Cc1ccc2c(c1)c1ccncc1n2-c1cccc(-c2cccc(-n3c4ccc(C)cc4c4ccncc43)n2)n1. The van der Waals surface area contributed by atoms with Gasteiger partial charge in [0.1, 0.15) is 11.6 Å². The fourth-order valence-corrected chi connectivity index (χ4v) is 5.84. The Balaban J connectivity index is 1.31. The summed E-state index contributed by atoms with van der Waals surface area (Å²) in [5, 5.41) is 4.72. The van der Waals surface area contributed by atoms with Crippen LogP contribution in [0, 0.1) is 13.8 Å². The lowest BCUT2D eigenvalue weighted by atomic mass is 10.1. The standard InChI is InChI=1S/C34H24N6/c1-21-9-11-29-25(17-21)23-13-15-35-19-31(23)39(29)33-7-3-5-27(37-33)28-6-4-8-34(38-28)40-30-12-10-22(2)18-26(30)24-14-16-36-20-32(24)40/h3-20H,1-2H3. The van der Waals surface area contributed by atoms with Gasteiger partial charge in [0.2, 0.25) is 0 Å². The van der Waals surface area contributed by atoms with E-state index in [2.05, 4.69) is 81.5 Å². The van der Waals surface area contributed by atoms with Crippen molar-refractivity contribution in [2.24, 2.45) is 0 Å². The second kappa shape index (κ2) is 8.58. The predicted molar refractivity (Wildman–Crippen MR) is 161 cm³/mol. The minimum absolute atomic E-state index is 0.806. The molecule has 0 amide bonds. The number of pyridine rings is 4. The van der Waals surface area contributed by atoms with Crippen molar-refractivity contribution in [2.45, 2.75) is 13.8 Å². The summed E-state index contributed by atoms with van der Waals surface area (Å²) in [6.07, 6.45) is 7.52. The van der Waals surface area contributed by atoms with E-state index in [1.807, 2.05) is 61.2 Å². The third-order valence-electron chi connectivity index (χ3n) is 7.64. The Hall–Kier alpha value is -5.36. The molecule has 0 aliphatic carbocycles. The third kappa shape index (κ3) is 3.36. The van der Waals surface area contributed by atoms with Crippen molar-refractivity contribution >= 4 is 43.6 Å². The first kappa shape index (κ1) is 22.6. The van der Waals surface area contributed by atoms with Crippen molar-refractivity contribution < 1.29 is 0 Å². The zero-order chi connectivity index (χ0) is 26.8. The molecule has 0 radical (unpaired) electrons. The van der Waals surface area contributed by atoms with Gasteiger partial charge in [-0.3, -0.25) is 19.1 Å². The Kier molecular flexibility index (Phi) is 4.85. The molecule has 40 heavy (non-hydrogen) atoms. The zero-order valence-corrected chi connectivity index (χ0v) is 22.1. The van der Waals surface area contributed by atoms with E-state index < -0.39 is 0 Å². The van der Waals surface area contributed by atoms with Crippen LogP contribution in [0.4, 0.5) is 0 Å². The number of aromatic nitrogens is 6. The van der Waals surface area contributed by atoms with Gasteiger partial charge in [-0.25, -0.2) is 9.97 Å². The third-order valence-corrected chi connectivity index (χ3v) is 7.64. The number of benzene rings is 2. The molecule has 0 saturated carbocycles. The van der Waals surface area contributed by atoms with Crippen LogP contribution in [0.1, 0.15) is 11.1 Å². The van der Waals surface area contributed by atoms with Crippen LogP contribution < -0.4 is 0 Å². The number of aryl methyl sites for hydroxylation is 2. The van der Waals surface area contributed by atoms with Gasteiger partial charge in [-0.1, -0.05) is 35.4 Å². The lowest BCUT2D eigenvalue weighted by molar-refractivity contribution is 1.05. The molecular weight excluding hydrogens is 492 g/mol. The molecule has 8 rings (SSSR count). The highest BCUT2D eigenvalue weighted by atomic mass is 15.1. The highest BCUT2D eigenvalue weighted by molar-refractivity contribution is 6.10. The predicted octanol–water partition coefficient (Wildman–Crippen LogP) is 7.74. The molecule has 0 N–H and O–H groups in total. The van der Waals surface area contributed by atoms with Crippen LogP contribution in [-0.2, 0) is 0 Å². The van der Waals surface area contributed by atoms with Gasteiger partial charge < -0.3 is 0 Å². The lowest BCUT2D eigenvalue weighted by Crippen LogP contribution is -2.01. The molecule has 2 aromatic carbocycles. The lowest BCUT2D eigenvalue weighted by Gasteiger charge is -2.11. The van der Waals surface area contributed by atoms with E-state index in [4.69, 9.17) is 9.97 Å². The van der Waals surface area contributed by atoms with Gasteiger partial charge in [0, 0.05) is 33.9 Å². The number of hydrogen-bond donors (Lipinski definition) is 0. The molecule has 0 saturated heterocycles. The summed E-state index contributed by atoms with van der Waals surface area (Å²) < 4.78 is 4.37. The molecule has 0 bridgehead atoms. The zero-order valence-electron chi connectivity index (χ0n) is 22.1. The molecule has 0 aliphatic heterocycles. The molecular formula is C34H24N6. The molecule has 6 heterocycles. The second-order valence-electron chi connectivity index (χ2n) is 10.3. The molecule has 8 aromatic rings. The molecule has 0 spiro atoms. The van der Waals surface area contributed by atoms with E-state index in [0.717, 1.165) is 55.9 Å². The van der Waals surface area contributed by atoms with Gasteiger partial charge in [-0.2, -0.15) is 0 Å². The molecule has 190 valence electrons. The van der Waals surface area contributed by atoms with Gasteiger partial charge >= 0.3 is 0 Å². The van der Waals surface area contributed by atoms with E-state index in [1.165, 1.54) is 21.9 Å². The highest BCUT2D eigenvalue weighted by Gasteiger charge is 2.16. The molecule has 6 heteroatoms. The summed E-state index contributed by atoms with van der Waals surface area (Å²) in [6, 6.07) is 29.4. The molecule has 0 fully saturated rings. The average Bonchev–Trinajstić information content (AvgIpc) is 3.49. The van der Waals surface area contributed by atoms with Crippen LogP contribution in [0.2, 0.25) is 0 Å². The molecule has 0 atom stereocenters. The van der Waals surface area contributed by atoms with E-state index in [9.17, 15) is 0 Å². The molecule has 6 nitrogen and oxygen atoms in total. The maximum Gasteiger partial charge on any atom is 0.138 e. The summed E-state index contributed by atoms with van der Waals surface area (Å²) in [4.78, 5) is 19.1. The second-order valence-corrected chi connectivity index (χ2v) is 10.3. The van der Waals surface area contributed by atoms with Gasteiger partial charge in [0.25, 0.3) is 0 Å². The monoisotopic (exact) mass is 516 g/mol. The molecule has 0 unspecified atom stereocenters. The number of rotatable bonds is 3. The van der Waals surface area contributed by atoms with Crippen LogP contribution >= 0.6 is 0 Å². The summed E-state index contributed by atoms with van der Waals surface area (Å²) in [5.74, 6) is 1.66.